The van der Waals surface area contributed by atoms with E-state index in [1.807, 2.05) is 27.7 Å². The van der Waals surface area contributed by atoms with Gasteiger partial charge in [-0.2, -0.15) is 0 Å². The lowest BCUT2D eigenvalue weighted by Gasteiger charge is -2.17. The van der Waals surface area contributed by atoms with Crippen LogP contribution in [0.5, 0.6) is 0 Å². The number of carbonyl (C=O) groups excluding carboxylic acids is 1. The van der Waals surface area contributed by atoms with Crippen molar-refractivity contribution in [3.8, 4) is 0 Å². The van der Waals surface area contributed by atoms with Gasteiger partial charge in [-0.05, 0) is 47.1 Å². The van der Waals surface area contributed by atoms with E-state index in [1.54, 1.807) is 24.5 Å². The molecule has 3 aromatic rings. The van der Waals surface area contributed by atoms with Crippen molar-refractivity contribution >= 4 is 45.1 Å². The molecule has 7 nitrogen and oxygen atoms in total. The van der Waals surface area contributed by atoms with E-state index in [-0.39, 0.29) is 17.5 Å². The summed E-state index contributed by atoms with van der Waals surface area (Å²) in [6.07, 6.45) is 0. The number of hydrogen-bond acceptors (Lipinski definition) is 7. The second-order valence-corrected chi connectivity index (χ2v) is 9.22. The topological polar surface area (TPSA) is 90.0 Å². The van der Waals surface area contributed by atoms with Crippen LogP contribution in [0.15, 0.2) is 20.5 Å². The van der Waals surface area contributed by atoms with Gasteiger partial charge in [-0.15, -0.1) is 11.3 Å². The lowest BCUT2D eigenvalue weighted by Crippen LogP contribution is -2.28. The van der Waals surface area contributed by atoms with Crippen LogP contribution >= 0.6 is 23.1 Å². The van der Waals surface area contributed by atoms with Crippen LogP contribution in [0.2, 0.25) is 0 Å². The Balaban J connectivity index is 1.94. The first kappa shape index (κ1) is 19.6. The number of anilines is 1. The summed E-state index contributed by atoms with van der Waals surface area (Å²) in [6, 6.07) is 1.59. The second-order valence-electron chi connectivity index (χ2n) is 6.71. The molecule has 0 aliphatic rings. The fourth-order valence-electron chi connectivity index (χ4n) is 2.68. The van der Waals surface area contributed by atoms with E-state index in [2.05, 4.69) is 10.5 Å². The molecule has 3 heterocycles. The van der Waals surface area contributed by atoms with Crippen LogP contribution in [-0.2, 0) is 4.79 Å². The average Bonchev–Trinajstić information content (AvgIpc) is 3.10. The molecule has 3 rings (SSSR count). The molecule has 0 aromatic carbocycles. The Kier molecular flexibility index (Phi) is 5.43. The number of carbonyl (C=O) groups is 1. The number of aryl methyl sites for hydroxylation is 3. The third-order valence-electron chi connectivity index (χ3n) is 4.24. The maximum absolute atomic E-state index is 13.1. The first-order valence-electron chi connectivity index (χ1n) is 8.62. The summed E-state index contributed by atoms with van der Waals surface area (Å²) >= 11 is 2.77. The molecular formula is C18H22N4O3S2. The number of fused-ring (bicyclic) bond motifs is 1. The van der Waals surface area contributed by atoms with E-state index in [0.717, 1.165) is 10.4 Å². The third-order valence-corrected chi connectivity index (χ3v) is 6.41. The summed E-state index contributed by atoms with van der Waals surface area (Å²) in [5.41, 5.74) is 1.61. The Bertz CT molecular complexity index is 1060. The lowest BCUT2D eigenvalue weighted by atomic mass is 10.2. The Morgan fingerprint density at radius 3 is 2.59 bits per heavy atom. The highest BCUT2D eigenvalue weighted by Crippen LogP contribution is 2.31. The number of amides is 1. The van der Waals surface area contributed by atoms with Crippen LogP contribution in [0.1, 0.15) is 42.9 Å². The van der Waals surface area contributed by atoms with Crippen LogP contribution in [0.4, 0.5) is 5.88 Å². The van der Waals surface area contributed by atoms with Crippen LogP contribution in [-0.4, -0.2) is 25.9 Å². The van der Waals surface area contributed by atoms with E-state index in [9.17, 15) is 9.59 Å². The Morgan fingerprint density at radius 1 is 1.30 bits per heavy atom. The number of thiophene rings is 1. The SMILES string of the molecule is Cc1cc(NC(=O)C(C)Sc2nc3sc(C)c(C)c3c(=O)n2C(C)C)on1. The van der Waals surface area contributed by atoms with Gasteiger partial charge in [0, 0.05) is 17.0 Å². The summed E-state index contributed by atoms with van der Waals surface area (Å²) in [5, 5.41) is 7.20. The largest absolute Gasteiger partial charge is 0.338 e. The smallest absolute Gasteiger partial charge is 0.263 e. The van der Waals surface area contributed by atoms with E-state index in [1.165, 1.54) is 23.1 Å². The summed E-state index contributed by atoms with van der Waals surface area (Å²) in [4.78, 5) is 32.0. The Morgan fingerprint density at radius 2 is 2.00 bits per heavy atom. The summed E-state index contributed by atoms with van der Waals surface area (Å²) in [5.74, 6) is 0.0680. The molecule has 1 unspecified atom stereocenters. The molecule has 0 fully saturated rings. The van der Waals surface area contributed by atoms with Gasteiger partial charge >= 0.3 is 0 Å². The quantitative estimate of drug-likeness (QED) is 0.507. The molecule has 27 heavy (non-hydrogen) atoms. The van der Waals surface area contributed by atoms with Crippen LogP contribution in [0.3, 0.4) is 0 Å². The number of rotatable bonds is 5. The van der Waals surface area contributed by atoms with Gasteiger partial charge in [0.15, 0.2) is 5.16 Å². The van der Waals surface area contributed by atoms with Crippen molar-refractivity contribution < 1.29 is 9.32 Å². The van der Waals surface area contributed by atoms with Crippen molar-refractivity contribution in [3.63, 3.8) is 0 Å². The van der Waals surface area contributed by atoms with E-state index in [0.29, 0.717) is 27.0 Å². The molecule has 1 amide bonds. The Hall–Kier alpha value is -2.13. The fourth-order valence-corrected chi connectivity index (χ4v) is 4.79. The van der Waals surface area contributed by atoms with Gasteiger partial charge in [0.25, 0.3) is 5.56 Å². The van der Waals surface area contributed by atoms with Crippen molar-refractivity contribution in [2.45, 2.75) is 58.0 Å². The van der Waals surface area contributed by atoms with Gasteiger partial charge in [0.1, 0.15) is 4.83 Å². The Labute approximate surface area is 165 Å². The van der Waals surface area contributed by atoms with E-state index in [4.69, 9.17) is 9.51 Å². The van der Waals surface area contributed by atoms with Crippen molar-refractivity contribution in [1.29, 1.82) is 0 Å². The monoisotopic (exact) mass is 406 g/mol. The first-order chi connectivity index (χ1) is 12.7. The van der Waals surface area contributed by atoms with Crippen LogP contribution in [0, 0.1) is 20.8 Å². The predicted molar refractivity (Wildman–Crippen MR) is 109 cm³/mol. The molecule has 0 bridgehead atoms. The number of aromatic nitrogens is 3. The molecule has 1 atom stereocenters. The standard InChI is InChI=1S/C18H22N4O3S2/c1-8(2)22-17(24)14-10(4)11(5)26-16(14)20-18(22)27-12(6)15(23)19-13-7-9(3)21-25-13/h7-8,12H,1-6H3,(H,19,23). The number of hydrogen-bond donors (Lipinski definition) is 1. The van der Waals surface area contributed by atoms with Gasteiger partial charge in [0.05, 0.1) is 16.3 Å². The molecule has 1 N–H and O–H groups in total. The summed E-state index contributed by atoms with van der Waals surface area (Å²) in [6.45, 7) is 11.4. The van der Waals surface area contributed by atoms with E-state index >= 15 is 0 Å². The number of thioether (sulfide) groups is 1. The first-order valence-corrected chi connectivity index (χ1v) is 10.3. The zero-order chi connectivity index (χ0) is 19.9. The van der Waals surface area contributed by atoms with Gasteiger partial charge < -0.3 is 4.52 Å². The van der Waals surface area contributed by atoms with Crippen molar-refractivity contribution in [3.05, 3.63) is 32.6 Å². The highest BCUT2D eigenvalue weighted by molar-refractivity contribution is 8.00. The van der Waals surface area contributed by atoms with Crippen molar-refractivity contribution in [1.82, 2.24) is 14.7 Å². The molecule has 0 spiro atoms. The minimum Gasteiger partial charge on any atom is -0.338 e. The molecular weight excluding hydrogens is 384 g/mol. The van der Waals surface area contributed by atoms with Crippen molar-refractivity contribution in [2.24, 2.45) is 0 Å². The second kappa shape index (κ2) is 7.47. The number of nitrogens with one attached hydrogen (secondary N) is 1. The van der Waals surface area contributed by atoms with Gasteiger partial charge in [-0.1, -0.05) is 16.9 Å². The minimum absolute atomic E-state index is 0.0576. The van der Waals surface area contributed by atoms with Crippen molar-refractivity contribution in [2.75, 3.05) is 5.32 Å². The van der Waals surface area contributed by atoms with Crippen LogP contribution in [0.25, 0.3) is 10.2 Å². The fraction of sp³-hybridized carbons (Fsp3) is 0.444. The molecule has 9 heteroatoms. The zero-order valence-electron chi connectivity index (χ0n) is 16.1. The molecule has 0 saturated carbocycles. The summed E-state index contributed by atoms with van der Waals surface area (Å²) in [7, 11) is 0. The zero-order valence-corrected chi connectivity index (χ0v) is 17.7. The van der Waals surface area contributed by atoms with Crippen LogP contribution < -0.4 is 10.9 Å². The minimum atomic E-state index is -0.466. The molecule has 3 aromatic heterocycles. The normalized spacial score (nSPS) is 12.7. The maximum Gasteiger partial charge on any atom is 0.263 e. The van der Waals surface area contributed by atoms with E-state index < -0.39 is 5.25 Å². The van der Waals surface area contributed by atoms with Gasteiger partial charge in [0.2, 0.25) is 11.8 Å². The highest BCUT2D eigenvalue weighted by Gasteiger charge is 2.23. The average molecular weight is 407 g/mol. The number of nitrogens with zero attached hydrogens (tertiary/aromatic N) is 3. The molecule has 144 valence electrons. The highest BCUT2D eigenvalue weighted by atomic mass is 32.2. The molecule has 0 aliphatic carbocycles. The maximum atomic E-state index is 13.1. The summed E-state index contributed by atoms with van der Waals surface area (Å²) < 4.78 is 6.69. The molecule has 0 radical (unpaired) electrons. The third kappa shape index (κ3) is 3.79. The van der Waals surface area contributed by atoms with Gasteiger partial charge in [-0.25, -0.2) is 4.98 Å². The predicted octanol–water partition coefficient (Wildman–Crippen LogP) is 4.07. The molecule has 0 aliphatic heterocycles. The molecule has 0 saturated heterocycles. The van der Waals surface area contributed by atoms with Gasteiger partial charge in [-0.3, -0.25) is 19.5 Å². The lowest BCUT2D eigenvalue weighted by molar-refractivity contribution is -0.115.